The molecule has 2 aromatic heterocycles. The molecule has 7 heteroatoms. The number of carbonyl (C=O) groups excluding carboxylic acids is 1. The van der Waals surface area contributed by atoms with Crippen LogP contribution in [-0.2, 0) is 17.9 Å². The van der Waals surface area contributed by atoms with Gasteiger partial charge in [-0.25, -0.2) is 4.98 Å². The molecule has 3 atom stereocenters. The highest BCUT2D eigenvalue weighted by molar-refractivity contribution is 5.77. The van der Waals surface area contributed by atoms with Crippen molar-refractivity contribution in [2.45, 2.75) is 73.0 Å². The maximum atomic E-state index is 13.2. The standard InChI is InChI=1S/C24H36N6O/c1-6-16(3)18(5)30-22-15-29(14-21(22)17(4)28-24(30)25)23(31)11-19(7-2)12-27-20-9-8-10-26-13-20/h8-10,13,16,18-19,25,27H,6-7,11-12,14-15H2,1-5H3. The van der Waals surface area contributed by atoms with Crippen molar-refractivity contribution in [1.82, 2.24) is 19.4 Å². The highest BCUT2D eigenvalue weighted by atomic mass is 16.2. The summed E-state index contributed by atoms with van der Waals surface area (Å²) in [7, 11) is 0. The summed E-state index contributed by atoms with van der Waals surface area (Å²) in [4.78, 5) is 23.7. The number of aromatic nitrogens is 3. The lowest BCUT2D eigenvalue weighted by Crippen LogP contribution is -2.33. The molecular weight excluding hydrogens is 388 g/mol. The Morgan fingerprint density at radius 2 is 2.03 bits per heavy atom. The summed E-state index contributed by atoms with van der Waals surface area (Å²) < 4.78 is 2.05. The third-order valence-corrected chi connectivity index (χ3v) is 6.79. The summed E-state index contributed by atoms with van der Waals surface area (Å²) in [5.41, 5.74) is 4.34. The third kappa shape index (κ3) is 5.14. The van der Waals surface area contributed by atoms with Crippen LogP contribution >= 0.6 is 0 Å². The predicted octanol–water partition coefficient (Wildman–Crippen LogP) is 4.04. The van der Waals surface area contributed by atoms with Gasteiger partial charge in [-0.2, -0.15) is 0 Å². The molecule has 3 rings (SSSR count). The van der Waals surface area contributed by atoms with Gasteiger partial charge < -0.3 is 14.8 Å². The molecule has 168 valence electrons. The van der Waals surface area contributed by atoms with Gasteiger partial charge in [-0.3, -0.25) is 15.2 Å². The summed E-state index contributed by atoms with van der Waals surface area (Å²) in [6, 6.07) is 4.08. The maximum absolute atomic E-state index is 13.2. The Morgan fingerprint density at radius 1 is 1.26 bits per heavy atom. The number of amides is 1. The summed E-state index contributed by atoms with van der Waals surface area (Å²) in [6.07, 6.45) is 6.05. The van der Waals surface area contributed by atoms with Gasteiger partial charge >= 0.3 is 0 Å². The van der Waals surface area contributed by atoms with Gasteiger partial charge in [0.05, 0.1) is 12.2 Å². The molecule has 0 aliphatic carbocycles. The van der Waals surface area contributed by atoms with Crippen LogP contribution in [0.4, 0.5) is 5.69 Å². The molecule has 1 amide bonds. The minimum absolute atomic E-state index is 0.171. The van der Waals surface area contributed by atoms with Crippen molar-refractivity contribution in [3.63, 3.8) is 0 Å². The Hall–Kier alpha value is -2.70. The van der Waals surface area contributed by atoms with Crippen LogP contribution in [0, 0.1) is 24.2 Å². The highest BCUT2D eigenvalue weighted by Gasteiger charge is 2.31. The number of rotatable bonds is 9. The molecule has 7 nitrogen and oxygen atoms in total. The average molecular weight is 425 g/mol. The molecule has 0 bridgehead atoms. The van der Waals surface area contributed by atoms with Crippen molar-refractivity contribution in [3.05, 3.63) is 47.1 Å². The van der Waals surface area contributed by atoms with Crippen LogP contribution < -0.4 is 10.9 Å². The highest BCUT2D eigenvalue weighted by Crippen LogP contribution is 2.29. The van der Waals surface area contributed by atoms with Crippen LogP contribution in [0.5, 0.6) is 0 Å². The molecule has 1 aliphatic heterocycles. The first-order valence-electron chi connectivity index (χ1n) is 11.4. The number of aryl methyl sites for hydroxylation is 1. The molecule has 31 heavy (non-hydrogen) atoms. The van der Waals surface area contributed by atoms with E-state index in [1.54, 1.807) is 12.4 Å². The molecule has 0 fully saturated rings. The summed E-state index contributed by atoms with van der Waals surface area (Å²) >= 11 is 0. The molecule has 1 aliphatic rings. The number of nitrogens with one attached hydrogen (secondary N) is 2. The molecular formula is C24H36N6O. The van der Waals surface area contributed by atoms with Crippen LogP contribution in [0.2, 0.25) is 0 Å². The van der Waals surface area contributed by atoms with E-state index in [2.05, 4.69) is 43.0 Å². The molecule has 0 saturated heterocycles. The maximum Gasteiger partial charge on any atom is 0.223 e. The van der Waals surface area contributed by atoms with Gasteiger partial charge in [0.15, 0.2) is 0 Å². The molecule has 0 saturated carbocycles. The van der Waals surface area contributed by atoms with Crippen LogP contribution in [0.3, 0.4) is 0 Å². The molecule has 0 radical (unpaired) electrons. The van der Waals surface area contributed by atoms with E-state index in [4.69, 9.17) is 5.41 Å². The zero-order chi connectivity index (χ0) is 22.5. The predicted molar refractivity (Wildman–Crippen MR) is 122 cm³/mol. The normalized spacial score (nSPS) is 16.0. The fourth-order valence-electron chi connectivity index (χ4n) is 4.24. The number of carbonyl (C=O) groups is 1. The zero-order valence-corrected chi connectivity index (χ0v) is 19.5. The second-order valence-corrected chi connectivity index (χ2v) is 8.79. The smallest absolute Gasteiger partial charge is 0.223 e. The van der Waals surface area contributed by atoms with Gasteiger partial charge in [0.2, 0.25) is 11.5 Å². The SMILES string of the molecule is CCC(CNc1cccnc1)CC(=O)N1Cc2c(C)nc(=N)n(C(C)C(C)CC)c2C1. The first-order chi connectivity index (χ1) is 14.8. The van der Waals surface area contributed by atoms with Crippen molar-refractivity contribution in [2.24, 2.45) is 11.8 Å². The number of pyridine rings is 1. The van der Waals surface area contributed by atoms with Crippen LogP contribution in [0.25, 0.3) is 0 Å². The lowest BCUT2D eigenvalue weighted by atomic mass is 10.00. The van der Waals surface area contributed by atoms with Gasteiger partial charge in [-0.05, 0) is 37.8 Å². The van der Waals surface area contributed by atoms with Crippen molar-refractivity contribution in [1.29, 1.82) is 5.41 Å². The number of anilines is 1. The molecule has 3 unspecified atom stereocenters. The minimum atomic E-state index is 0.171. The van der Waals surface area contributed by atoms with E-state index in [1.807, 2.05) is 28.5 Å². The second-order valence-electron chi connectivity index (χ2n) is 8.79. The third-order valence-electron chi connectivity index (χ3n) is 6.79. The Kier molecular flexibility index (Phi) is 7.46. The molecule has 0 aromatic carbocycles. The number of hydrogen-bond donors (Lipinski definition) is 2. The van der Waals surface area contributed by atoms with Crippen LogP contribution in [-0.4, -0.2) is 31.9 Å². The molecule has 2 N–H and O–H groups in total. The molecule has 0 spiro atoms. The number of fused-ring (bicyclic) bond motifs is 1. The van der Waals surface area contributed by atoms with Gasteiger partial charge in [-0.15, -0.1) is 0 Å². The Morgan fingerprint density at radius 3 is 2.68 bits per heavy atom. The van der Waals surface area contributed by atoms with Gasteiger partial charge in [0.25, 0.3) is 0 Å². The van der Waals surface area contributed by atoms with E-state index >= 15 is 0 Å². The Balaban J connectivity index is 1.71. The van der Waals surface area contributed by atoms with E-state index in [9.17, 15) is 4.79 Å². The lowest BCUT2D eigenvalue weighted by molar-refractivity contribution is -0.132. The van der Waals surface area contributed by atoms with E-state index in [0.717, 1.165) is 42.0 Å². The summed E-state index contributed by atoms with van der Waals surface area (Å²) in [5, 5.41) is 11.9. The van der Waals surface area contributed by atoms with E-state index in [-0.39, 0.29) is 17.9 Å². The fraction of sp³-hybridized carbons (Fsp3) is 0.583. The van der Waals surface area contributed by atoms with E-state index in [1.165, 1.54) is 0 Å². The van der Waals surface area contributed by atoms with Gasteiger partial charge in [-0.1, -0.05) is 33.6 Å². The second kappa shape index (κ2) is 10.1. The van der Waals surface area contributed by atoms with Crippen molar-refractivity contribution in [3.8, 4) is 0 Å². The zero-order valence-electron chi connectivity index (χ0n) is 19.5. The number of nitrogens with zero attached hydrogens (tertiary/aromatic N) is 4. The topological polar surface area (TPSA) is 86.9 Å². The molecule has 2 aromatic rings. The molecule has 3 heterocycles. The summed E-state index contributed by atoms with van der Waals surface area (Å²) in [6.45, 7) is 12.5. The van der Waals surface area contributed by atoms with Crippen LogP contribution in [0.1, 0.15) is 70.0 Å². The van der Waals surface area contributed by atoms with E-state index < -0.39 is 0 Å². The van der Waals surface area contributed by atoms with Crippen molar-refractivity contribution >= 4 is 11.6 Å². The van der Waals surface area contributed by atoms with Crippen molar-refractivity contribution in [2.75, 3.05) is 11.9 Å². The number of hydrogen-bond acceptors (Lipinski definition) is 5. The first kappa shape index (κ1) is 23.0. The van der Waals surface area contributed by atoms with Gasteiger partial charge in [0, 0.05) is 54.9 Å². The first-order valence-corrected chi connectivity index (χ1v) is 11.4. The van der Waals surface area contributed by atoms with Crippen molar-refractivity contribution < 1.29 is 4.79 Å². The van der Waals surface area contributed by atoms with Gasteiger partial charge in [0.1, 0.15) is 0 Å². The quantitative estimate of drug-likeness (QED) is 0.636. The average Bonchev–Trinajstić information content (AvgIpc) is 3.22. The fourth-order valence-corrected chi connectivity index (χ4v) is 4.24. The monoisotopic (exact) mass is 424 g/mol. The Labute approximate surface area is 185 Å². The summed E-state index contributed by atoms with van der Waals surface area (Å²) in [5.74, 6) is 0.869. The largest absolute Gasteiger partial charge is 0.384 e. The minimum Gasteiger partial charge on any atom is -0.384 e. The van der Waals surface area contributed by atoms with E-state index in [0.29, 0.717) is 31.0 Å². The Bertz CT molecular complexity index is 955. The van der Waals surface area contributed by atoms with Crippen LogP contribution in [0.15, 0.2) is 24.5 Å². The lowest BCUT2D eigenvalue weighted by Gasteiger charge is -2.25.